The first-order valence-electron chi connectivity index (χ1n) is 11.4. The van der Waals surface area contributed by atoms with Crippen molar-refractivity contribution in [2.45, 2.75) is 63.9 Å². The average molecular weight is 471 g/mol. The Balaban J connectivity index is 1.79. The number of hydrogen-bond donors (Lipinski definition) is 1. The van der Waals surface area contributed by atoms with E-state index in [9.17, 15) is 13.2 Å². The summed E-state index contributed by atoms with van der Waals surface area (Å²) in [6.45, 7) is 6.92. The summed E-state index contributed by atoms with van der Waals surface area (Å²) in [5.41, 5.74) is 3.78. The highest BCUT2D eigenvalue weighted by Crippen LogP contribution is 2.23. The Bertz CT molecular complexity index is 1210. The van der Waals surface area contributed by atoms with Crippen LogP contribution in [0.3, 0.4) is 0 Å². The van der Waals surface area contributed by atoms with Gasteiger partial charge in [0.1, 0.15) is 5.82 Å². The van der Waals surface area contributed by atoms with Gasteiger partial charge in [-0.15, -0.1) is 0 Å². The van der Waals surface area contributed by atoms with Crippen LogP contribution in [-0.2, 0) is 27.8 Å². The monoisotopic (exact) mass is 470 g/mol. The minimum absolute atomic E-state index is 0.0342. The van der Waals surface area contributed by atoms with Crippen molar-refractivity contribution < 1.29 is 13.2 Å². The SMILES string of the molecule is CCCCn1c(CCC(=O)NC(C)c2ccc(C)cc2)nc2cc(S(=O)(=O)N(C)C)ccc21. The largest absolute Gasteiger partial charge is 0.350 e. The van der Waals surface area contributed by atoms with Crippen LogP contribution in [0.1, 0.15) is 56.1 Å². The third-order valence-corrected chi connectivity index (χ3v) is 7.65. The van der Waals surface area contributed by atoms with Gasteiger partial charge in [-0.25, -0.2) is 17.7 Å². The Hall–Kier alpha value is -2.71. The van der Waals surface area contributed by atoms with Crippen LogP contribution >= 0.6 is 0 Å². The molecule has 0 aliphatic rings. The highest BCUT2D eigenvalue weighted by molar-refractivity contribution is 7.89. The molecule has 1 atom stereocenters. The van der Waals surface area contributed by atoms with E-state index in [4.69, 9.17) is 4.98 Å². The van der Waals surface area contributed by atoms with Crippen LogP contribution in [-0.4, -0.2) is 42.3 Å². The molecule has 0 fully saturated rings. The van der Waals surface area contributed by atoms with E-state index < -0.39 is 10.0 Å². The van der Waals surface area contributed by atoms with Crippen LogP contribution in [0.15, 0.2) is 47.4 Å². The molecule has 2 aromatic carbocycles. The molecule has 0 spiro atoms. The fraction of sp³-hybridized carbons (Fsp3) is 0.440. The molecule has 1 aromatic heterocycles. The standard InChI is InChI=1S/C25H34N4O3S/c1-6-7-16-29-23-13-12-21(33(31,32)28(4)5)17-22(23)27-24(29)14-15-25(30)26-19(3)20-10-8-18(2)9-11-20/h8-13,17,19H,6-7,14-16H2,1-5H3,(H,26,30). The summed E-state index contributed by atoms with van der Waals surface area (Å²) in [4.78, 5) is 17.6. The molecule has 3 rings (SSSR count). The van der Waals surface area contributed by atoms with E-state index in [1.807, 2.05) is 44.2 Å². The summed E-state index contributed by atoms with van der Waals surface area (Å²) in [5.74, 6) is 0.768. The number of nitrogens with zero attached hydrogens (tertiary/aromatic N) is 3. The number of fused-ring (bicyclic) bond motifs is 1. The lowest BCUT2D eigenvalue weighted by atomic mass is 10.1. The zero-order chi connectivity index (χ0) is 24.2. The Labute approximate surface area is 196 Å². The number of benzene rings is 2. The maximum Gasteiger partial charge on any atom is 0.242 e. The first-order valence-corrected chi connectivity index (χ1v) is 12.8. The first kappa shape index (κ1) is 24.9. The second-order valence-corrected chi connectivity index (χ2v) is 10.8. The lowest BCUT2D eigenvalue weighted by molar-refractivity contribution is -0.121. The molecule has 0 saturated carbocycles. The Kier molecular flexibility index (Phi) is 7.92. The molecular formula is C25H34N4O3S. The van der Waals surface area contributed by atoms with Crippen molar-refractivity contribution in [1.29, 1.82) is 0 Å². The second kappa shape index (κ2) is 10.5. The molecule has 1 amide bonds. The number of aromatic nitrogens is 2. The van der Waals surface area contributed by atoms with Crippen LogP contribution in [0.2, 0.25) is 0 Å². The third kappa shape index (κ3) is 5.81. The highest BCUT2D eigenvalue weighted by atomic mass is 32.2. The number of rotatable bonds is 10. The van der Waals surface area contributed by atoms with E-state index >= 15 is 0 Å². The van der Waals surface area contributed by atoms with Crippen molar-refractivity contribution in [3.63, 3.8) is 0 Å². The minimum Gasteiger partial charge on any atom is -0.350 e. The Morgan fingerprint density at radius 2 is 1.85 bits per heavy atom. The number of imidazole rings is 1. The number of sulfonamides is 1. The second-order valence-electron chi connectivity index (χ2n) is 8.67. The average Bonchev–Trinajstić information content (AvgIpc) is 3.13. The van der Waals surface area contributed by atoms with E-state index in [2.05, 4.69) is 16.8 Å². The summed E-state index contributed by atoms with van der Waals surface area (Å²) in [6, 6.07) is 13.1. The maximum absolute atomic E-state index is 12.6. The van der Waals surface area contributed by atoms with Gasteiger partial charge in [-0.2, -0.15) is 0 Å². The molecule has 0 bridgehead atoms. The molecular weight excluding hydrogens is 436 g/mol. The molecule has 33 heavy (non-hydrogen) atoms. The number of carbonyl (C=O) groups is 1. The number of amides is 1. The van der Waals surface area contributed by atoms with Crippen LogP contribution in [0.4, 0.5) is 0 Å². The normalized spacial score (nSPS) is 12.9. The zero-order valence-corrected chi connectivity index (χ0v) is 20.9. The molecule has 0 radical (unpaired) electrons. The summed E-state index contributed by atoms with van der Waals surface area (Å²) < 4.78 is 28.4. The van der Waals surface area contributed by atoms with Gasteiger partial charge in [-0.05, 0) is 44.0 Å². The first-order chi connectivity index (χ1) is 15.6. The molecule has 1 unspecified atom stereocenters. The maximum atomic E-state index is 12.6. The van der Waals surface area contributed by atoms with Crippen molar-refractivity contribution >= 4 is 27.0 Å². The molecule has 178 valence electrons. The molecule has 3 aromatic rings. The van der Waals surface area contributed by atoms with Crippen LogP contribution in [0.25, 0.3) is 11.0 Å². The molecule has 0 saturated heterocycles. The fourth-order valence-corrected chi connectivity index (χ4v) is 4.69. The predicted octanol–water partition coefficient (Wildman–Crippen LogP) is 4.21. The predicted molar refractivity (Wildman–Crippen MR) is 132 cm³/mol. The number of hydrogen-bond acceptors (Lipinski definition) is 4. The van der Waals surface area contributed by atoms with E-state index in [0.717, 1.165) is 36.3 Å². The van der Waals surface area contributed by atoms with Crippen molar-refractivity contribution in [3.05, 3.63) is 59.4 Å². The van der Waals surface area contributed by atoms with Gasteiger partial charge in [0.05, 0.1) is 22.0 Å². The van der Waals surface area contributed by atoms with Crippen molar-refractivity contribution in [2.75, 3.05) is 14.1 Å². The number of carbonyl (C=O) groups excluding carboxylic acids is 1. The van der Waals surface area contributed by atoms with Crippen LogP contribution < -0.4 is 5.32 Å². The summed E-state index contributed by atoms with van der Waals surface area (Å²) in [6.07, 6.45) is 2.81. The Morgan fingerprint density at radius 1 is 1.15 bits per heavy atom. The number of nitrogens with one attached hydrogen (secondary N) is 1. The lowest BCUT2D eigenvalue weighted by Crippen LogP contribution is -2.27. The van der Waals surface area contributed by atoms with Gasteiger partial charge in [0.15, 0.2) is 0 Å². The Morgan fingerprint density at radius 3 is 2.48 bits per heavy atom. The third-order valence-electron chi connectivity index (χ3n) is 5.84. The van der Waals surface area contributed by atoms with E-state index in [1.54, 1.807) is 12.1 Å². The molecule has 8 heteroatoms. The van der Waals surface area contributed by atoms with Crippen molar-refractivity contribution in [2.24, 2.45) is 0 Å². The van der Waals surface area contributed by atoms with E-state index in [1.165, 1.54) is 24.0 Å². The van der Waals surface area contributed by atoms with Gasteiger partial charge >= 0.3 is 0 Å². The van der Waals surface area contributed by atoms with Gasteiger partial charge < -0.3 is 9.88 Å². The van der Waals surface area contributed by atoms with Gasteiger partial charge in [-0.3, -0.25) is 4.79 Å². The van der Waals surface area contributed by atoms with Crippen molar-refractivity contribution in [1.82, 2.24) is 19.2 Å². The molecule has 1 heterocycles. The van der Waals surface area contributed by atoms with Crippen LogP contribution in [0, 0.1) is 6.92 Å². The van der Waals surface area contributed by atoms with E-state index in [-0.39, 0.29) is 16.8 Å². The van der Waals surface area contributed by atoms with Gasteiger partial charge in [0.25, 0.3) is 0 Å². The van der Waals surface area contributed by atoms with Gasteiger partial charge in [0.2, 0.25) is 15.9 Å². The van der Waals surface area contributed by atoms with Gasteiger partial charge in [0, 0.05) is 33.5 Å². The quantitative estimate of drug-likeness (QED) is 0.481. The van der Waals surface area contributed by atoms with Gasteiger partial charge in [-0.1, -0.05) is 43.2 Å². The number of unbranched alkanes of at least 4 members (excludes halogenated alkanes) is 1. The number of aryl methyl sites for hydroxylation is 3. The molecule has 0 aliphatic carbocycles. The van der Waals surface area contributed by atoms with Crippen LogP contribution in [0.5, 0.6) is 0 Å². The zero-order valence-electron chi connectivity index (χ0n) is 20.1. The topological polar surface area (TPSA) is 84.3 Å². The van der Waals surface area contributed by atoms with E-state index in [0.29, 0.717) is 18.4 Å². The molecule has 7 nitrogen and oxygen atoms in total. The smallest absolute Gasteiger partial charge is 0.242 e. The molecule has 0 aliphatic heterocycles. The summed E-state index contributed by atoms with van der Waals surface area (Å²) in [5, 5.41) is 3.06. The lowest BCUT2D eigenvalue weighted by Gasteiger charge is -2.15. The fourth-order valence-electron chi connectivity index (χ4n) is 3.76. The molecule has 1 N–H and O–H groups in total. The van der Waals surface area contributed by atoms with Crippen molar-refractivity contribution in [3.8, 4) is 0 Å². The minimum atomic E-state index is -3.54. The summed E-state index contributed by atoms with van der Waals surface area (Å²) >= 11 is 0. The highest BCUT2D eigenvalue weighted by Gasteiger charge is 2.20. The summed E-state index contributed by atoms with van der Waals surface area (Å²) in [7, 11) is -0.507.